The number of nitrogens with zero attached hydrogens (tertiary/aromatic N) is 4. The highest BCUT2D eigenvalue weighted by Gasteiger charge is 2.17. The maximum absolute atomic E-state index is 12.6. The minimum Gasteiger partial charge on any atom is -0.492 e. The summed E-state index contributed by atoms with van der Waals surface area (Å²) in [6, 6.07) is 21.0. The summed E-state index contributed by atoms with van der Waals surface area (Å²) in [5, 5.41) is 12.2. The third-order valence-electron chi connectivity index (χ3n) is 4.36. The Bertz CT molecular complexity index is 1150. The van der Waals surface area contributed by atoms with Gasteiger partial charge in [0, 0.05) is 23.6 Å². The summed E-state index contributed by atoms with van der Waals surface area (Å²) in [5.41, 5.74) is 2.41. The minimum absolute atomic E-state index is 0.150. The lowest BCUT2D eigenvalue weighted by Gasteiger charge is -2.12. The van der Waals surface area contributed by atoms with Crippen LogP contribution in [-0.4, -0.2) is 38.0 Å². The van der Waals surface area contributed by atoms with Crippen molar-refractivity contribution < 1.29 is 9.53 Å². The maximum atomic E-state index is 12.6. The van der Waals surface area contributed by atoms with Gasteiger partial charge >= 0.3 is 0 Å². The number of aromatic nitrogens is 4. The van der Waals surface area contributed by atoms with E-state index >= 15 is 0 Å². The van der Waals surface area contributed by atoms with Crippen molar-refractivity contribution >= 4 is 23.4 Å². The maximum Gasteiger partial charge on any atom is 0.234 e. The van der Waals surface area contributed by atoms with E-state index in [1.165, 1.54) is 11.8 Å². The van der Waals surface area contributed by atoms with Crippen molar-refractivity contribution in [2.75, 3.05) is 17.7 Å². The first-order valence-electron chi connectivity index (χ1n) is 9.82. The molecule has 1 N–H and O–H groups in total. The van der Waals surface area contributed by atoms with Crippen LogP contribution in [0.1, 0.15) is 6.92 Å². The Morgan fingerprint density at radius 1 is 1.03 bits per heavy atom. The third kappa shape index (κ3) is 4.92. The highest BCUT2D eigenvalue weighted by atomic mass is 32.2. The quantitative estimate of drug-likeness (QED) is 0.415. The zero-order chi connectivity index (χ0) is 21.5. The fourth-order valence-electron chi connectivity index (χ4n) is 3.02. The summed E-state index contributed by atoms with van der Waals surface area (Å²) in [5.74, 6) is 1.35. The van der Waals surface area contributed by atoms with E-state index in [4.69, 9.17) is 4.74 Å². The van der Waals surface area contributed by atoms with Crippen LogP contribution in [0.15, 0.2) is 84.3 Å². The fraction of sp³-hybridized carbons (Fsp3) is 0.130. The summed E-state index contributed by atoms with van der Waals surface area (Å²) >= 11 is 1.32. The number of amides is 1. The molecule has 0 atom stereocenters. The van der Waals surface area contributed by atoms with Crippen molar-refractivity contribution in [3.05, 3.63) is 79.1 Å². The lowest BCUT2D eigenvalue weighted by atomic mass is 10.2. The number of hydrogen-bond donors (Lipinski definition) is 1. The predicted octanol–water partition coefficient (Wildman–Crippen LogP) is 4.46. The number of carbonyl (C=O) groups is 1. The highest BCUT2D eigenvalue weighted by molar-refractivity contribution is 7.99. The van der Waals surface area contributed by atoms with Crippen LogP contribution in [-0.2, 0) is 4.79 Å². The second kappa shape index (κ2) is 9.90. The van der Waals surface area contributed by atoms with E-state index in [9.17, 15) is 4.79 Å². The van der Waals surface area contributed by atoms with Crippen LogP contribution < -0.4 is 10.1 Å². The summed E-state index contributed by atoms with van der Waals surface area (Å²) in [6.45, 7) is 2.43. The van der Waals surface area contributed by atoms with E-state index in [0.717, 1.165) is 11.3 Å². The van der Waals surface area contributed by atoms with Crippen LogP contribution in [0.25, 0.3) is 17.1 Å². The average molecular weight is 432 g/mol. The van der Waals surface area contributed by atoms with Crippen LogP contribution in [0.2, 0.25) is 0 Å². The van der Waals surface area contributed by atoms with Gasteiger partial charge in [-0.05, 0) is 43.3 Å². The SMILES string of the molecule is CCOc1ccccc1NC(=O)CSc1nnc(-c2cccnc2)n1-c1ccccc1. The van der Waals surface area contributed by atoms with E-state index in [2.05, 4.69) is 20.5 Å². The summed E-state index contributed by atoms with van der Waals surface area (Å²) in [7, 11) is 0. The molecule has 0 saturated heterocycles. The van der Waals surface area contributed by atoms with Crippen LogP contribution >= 0.6 is 11.8 Å². The second-order valence-electron chi connectivity index (χ2n) is 6.48. The summed E-state index contributed by atoms with van der Waals surface area (Å²) in [4.78, 5) is 16.8. The van der Waals surface area contributed by atoms with Gasteiger partial charge in [0.1, 0.15) is 5.75 Å². The van der Waals surface area contributed by atoms with Gasteiger partial charge < -0.3 is 10.1 Å². The van der Waals surface area contributed by atoms with Crippen molar-refractivity contribution in [2.45, 2.75) is 12.1 Å². The third-order valence-corrected chi connectivity index (χ3v) is 5.29. The molecular weight excluding hydrogens is 410 g/mol. The van der Waals surface area contributed by atoms with Gasteiger partial charge in [0.2, 0.25) is 5.91 Å². The number of pyridine rings is 1. The second-order valence-corrected chi connectivity index (χ2v) is 7.43. The van der Waals surface area contributed by atoms with Gasteiger partial charge in [-0.15, -0.1) is 10.2 Å². The van der Waals surface area contributed by atoms with E-state index in [1.54, 1.807) is 12.4 Å². The van der Waals surface area contributed by atoms with Crippen molar-refractivity contribution in [1.82, 2.24) is 19.7 Å². The van der Waals surface area contributed by atoms with Crippen molar-refractivity contribution in [1.29, 1.82) is 0 Å². The van der Waals surface area contributed by atoms with Crippen molar-refractivity contribution in [3.63, 3.8) is 0 Å². The number of ether oxygens (including phenoxy) is 1. The summed E-state index contributed by atoms with van der Waals surface area (Å²) in [6.07, 6.45) is 3.46. The van der Waals surface area contributed by atoms with E-state index in [0.29, 0.717) is 29.0 Å². The first-order valence-corrected chi connectivity index (χ1v) is 10.8. The summed E-state index contributed by atoms with van der Waals surface area (Å²) < 4.78 is 7.51. The minimum atomic E-state index is -0.150. The topological polar surface area (TPSA) is 81.9 Å². The average Bonchev–Trinajstić information content (AvgIpc) is 3.24. The molecule has 0 unspecified atom stereocenters. The lowest BCUT2D eigenvalue weighted by molar-refractivity contribution is -0.113. The Morgan fingerprint density at radius 2 is 1.84 bits per heavy atom. The number of carbonyl (C=O) groups excluding carboxylic acids is 1. The zero-order valence-electron chi connectivity index (χ0n) is 16.9. The first-order chi connectivity index (χ1) is 15.3. The van der Waals surface area contributed by atoms with Gasteiger partial charge in [-0.2, -0.15) is 0 Å². The molecule has 0 aliphatic heterocycles. The molecule has 0 aliphatic rings. The van der Waals surface area contributed by atoms with Gasteiger partial charge in [0.15, 0.2) is 11.0 Å². The van der Waals surface area contributed by atoms with Gasteiger partial charge in [0.25, 0.3) is 0 Å². The van der Waals surface area contributed by atoms with Gasteiger partial charge in [-0.25, -0.2) is 0 Å². The Hall–Kier alpha value is -3.65. The molecule has 2 heterocycles. The van der Waals surface area contributed by atoms with Gasteiger partial charge in [0.05, 0.1) is 18.0 Å². The first kappa shape index (κ1) is 20.6. The number of hydrogen-bond acceptors (Lipinski definition) is 6. The molecule has 4 rings (SSSR count). The number of rotatable bonds is 8. The molecule has 0 saturated carbocycles. The van der Waals surface area contributed by atoms with E-state index < -0.39 is 0 Å². The fourth-order valence-corrected chi connectivity index (χ4v) is 3.77. The molecule has 156 valence electrons. The number of para-hydroxylation sites is 3. The predicted molar refractivity (Wildman–Crippen MR) is 122 cm³/mol. The molecule has 0 spiro atoms. The molecule has 8 heteroatoms. The number of thioether (sulfide) groups is 1. The normalized spacial score (nSPS) is 10.6. The van der Waals surface area contributed by atoms with E-state index in [1.807, 2.05) is 78.2 Å². The standard InChI is InChI=1S/C23H21N5O2S/c1-2-30-20-13-7-6-12-19(20)25-21(29)16-31-23-27-26-22(17-9-8-14-24-15-17)28(23)18-10-4-3-5-11-18/h3-15H,2,16H2,1H3,(H,25,29). The van der Waals surface area contributed by atoms with Gasteiger partial charge in [-0.3, -0.25) is 14.3 Å². The van der Waals surface area contributed by atoms with Crippen LogP contribution in [0, 0.1) is 0 Å². The van der Waals surface area contributed by atoms with Crippen molar-refractivity contribution in [3.8, 4) is 22.8 Å². The van der Waals surface area contributed by atoms with E-state index in [-0.39, 0.29) is 11.7 Å². The number of nitrogens with one attached hydrogen (secondary N) is 1. The Morgan fingerprint density at radius 3 is 2.61 bits per heavy atom. The Balaban J connectivity index is 1.55. The van der Waals surface area contributed by atoms with Crippen LogP contribution in [0.5, 0.6) is 5.75 Å². The molecule has 0 radical (unpaired) electrons. The number of benzene rings is 2. The smallest absolute Gasteiger partial charge is 0.234 e. The lowest BCUT2D eigenvalue weighted by Crippen LogP contribution is -2.15. The van der Waals surface area contributed by atoms with Gasteiger partial charge in [-0.1, -0.05) is 42.1 Å². The highest BCUT2D eigenvalue weighted by Crippen LogP contribution is 2.28. The molecule has 2 aromatic heterocycles. The molecule has 2 aromatic carbocycles. The molecule has 0 aliphatic carbocycles. The Labute approximate surface area is 184 Å². The Kier molecular flexibility index (Phi) is 6.59. The monoisotopic (exact) mass is 431 g/mol. The largest absolute Gasteiger partial charge is 0.492 e. The zero-order valence-corrected chi connectivity index (χ0v) is 17.7. The molecule has 7 nitrogen and oxygen atoms in total. The molecule has 0 bridgehead atoms. The number of anilines is 1. The molecule has 4 aromatic rings. The molecular formula is C23H21N5O2S. The van der Waals surface area contributed by atoms with Crippen LogP contribution in [0.4, 0.5) is 5.69 Å². The van der Waals surface area contributed by atoms with Crippen molar-refractivity contribution in [2.24, 2.45) is 0 Å². The molecule has 31 heavy (non-hydrogen) atoms. The molecule has 0 fully saturated rings. The molecule has 1 amide bonds. The van der Waals surface area contributed by atoms with Crippen LogP contribution in [0.3, 0.4) is 0 Å².